The van der Waals surface area contributed by atoms with Crippen molar-refractivity contribution in [2.24, 2.45) is 22.7 Å². The first kappa shape index (κ1) is 19.4. The van der Waals surface area contributed by atoms with E-state index in [1.165, 1.54) is 0 Å². The maximum Gasteiger partial charge on any atom is 0.228 e. The Morgan fingerprint density at radius 1 is 0.862 bits per heavy atom. The number of anilines is 2. The highest BCUT2D eigenvalue weighted by Gasteiger charge is 2.51. The molecule has 1 heterocycles. The highest BCUT2D eigenvalue weighted by Crippen LogP contribution is 2.52. The number of carbonyl (C=O) groups excluding carboxylic acids is 2. The second kappa shape index (κ2) is 6.87. The van der Waals surface area contributed by atoms with Gasteiger partial charge in [0.25, 0.3) is 0 Å². The number of rotatable bonds is 6. The summed E-state index contributed by atoms with van der Waals surface area (Å²) in [6.07, 6.45) is 3.44. The van der Waals surface area contributed by atoms with E-state index in [1.54, 1.807) is 30.5 Å². The zero-order chi connectivity index (χ0) is 20.8. The molecule has 2 aliphatic rings. The lowest BCUT2D eigenvalue weighted by atomic mass is 10.1. The van der Waals surface area contributed by atoms with Gasteiger partial charge in [0.05, 0.1) is 11.9 Å². The molecule has 2 atom stereocenters. The number of hydrogen-bond acceptors (Lipinski definition) is 4. The lowest BCUT2D eigenvalue weighted by Crippen LogP contribution is -2.16. The zero-order valence-corrected chi connectivity index (χ0v) is 17.3. The summed E-state index contributed by atoms with van der Waals surface area (Å²) in [4.78, 5) is 28.6. The predicted octanol–water partition coefficient (Wildman–Crippen LogP) is 4.84. The number of amides is 2. The summed E-state index contributed by atoms with van der Waals surface area (Å²) in [5.41, 5.74) is 1.62. The van der Waals surface area contributed by atoms with Crippen molar-refractivity contribution < 1.29 is 14.3 Å². The molecular weight excluding hydrogens is 366 g/mol. The molecule has 2 aliphatic carbocycles. The van der Waals surface area contributed by atoms with Crippen LogP contribution in [-0.2, 0) is 9.59 Å². The molecule has 29 heavy (non-hydrogen) atoms. The maximum atomic E-state index is 12.2. The van der Waals surface area contributed by atoms with Crippen LogP contribution < -0.4 is 15.4 Å². The Morgan fingerprint density at radius 2 is 1.34 bits per heavy atom. The predicted molar refractivity (Wildman–Crippen MR) is 112 cm³/mol. The van der Waals surface area contributed by atoms with E-state index in [-0.39, 0.29) is 34.5 Å². The van der Waals surface area contributed by atoms with E-state index in [0.29, 0.717) is 17.3 Å². The number of nitrogens with one attached hydrogen (secondary N) is 2. The Kier molecular flexibility index (Phi) is 4.60. The van der Waals surface area contributed by atoms with E-state index < -0.39 is 0 Å². The average molecular weight is 393 g/mol. The molecule has 0 unspecified atom stereocenters. The molecule has 2 saturated carbocycles. The molecule has 2 amide bonds. The molecule has 6 heteroatoms. The fraction of sp³-hybridized carbons (Fsp3) is 0.435. The molecule has 6 nitrogen and oxygen atoms in total. The molecule has 2 N–H and O–H groups in total. The third-order valence-electron chi connectivity index (χ3n) is 6.01. The summed E-state index contributed by atoms with van der Waals surface area (Å²) >= 11 is 0. The zero-order valence-electron chi connectivity index (χ0n) is 17.3. The number of nitrogens with zero attached hydrogens (tertiary/aromatic N) is 1. The van der Waals surface area contributed by atoms with Crippen LogP contribution in [0.2, 0.25) is 0 Å². The van der Waals surface area contributed by atoms with Crippen molar-refractivity contribution in [3.05, 3.63) is 42.6 Å². The first-order valence-corrected chi connectivity index (χ1v) is 10.00. The highest BCUT2D eigenvalue weighted by atomic mass is 16.5. The van der Waals surface area contributed by atoms with Crippen molar-refractivity contribution in [2.45, 2.75) is 40.5 Å². The van der Waals surface area contributed by atoms with E-state index in [0.717, 1.165) is 18.5 Å². The number of aromatic nitrogens is 1. The number of pyridine rings is 1. The third-order valence-corrected chi connectivity index (χ3v) is 6.01. The number of benzene rings is 1. The molecule has 0 saturated heterocycles. The number of ether oxygens (including phenoxy) is 1. The summed E-state index contributed by atoms with van der Waals surface area (Å²) in [6, 6.07) is 10.7. The highest BCUT2D eigenvalue weighted by molar-refractivity contribution is 5.95. The van der Waals surface area contributed by atoms with Crippen LogP contribution >= 0.6 is 0 Å². The van der Waals surface area contributed by atoms with Crippen molar-refractivity contribution in [3.63, 3.8) is 0 Å². The molecule has 0 aliphatic heterocycles. The fourth-order valence-electron chi connectivity index (χ4n) is 3.53. The molecule has 2 aromatic rings. The first-order chi connectivity index (χ1) is 13.6. The standard InChI is InChI=1S/C23H27N3O3/c1-22(2)11-17(22)20(27)25-14-5-8-16(9-6-14)29-19-10-7-15(13-24-19)26-21(28)18-12-23(18,3)4/h5-10,13,17-18H,11-12H2,1-4H3,(H,25,27)(H,26,28)/t17-,18+/m0/s1. The van der Waals surface area contributed by atoms with Crippen LogP contribution in [0.3, 0.4) is 0 Å². The van der Waals surface area contributed by atoms with Crippen molar-refractivity contribution in [2.75, 3.05) is 10.6 Å². The topological polar surface area (TPSA) is 80.3 Å². The normalized spacial score (nSPS) is 23.0. The number of hydrogen-bond donors (Lipinski definition) is 2. The second-order valence-electron chi connectivity index (χ2n) is 9.48. The minimum Gasteiger partial charge on any atom is -0.439 e. The minimum atomic E-state index is 0.0395. The molecular formula is C23H27N3O3. The Balaban J connectivity index is 1.30. The summed E-state index contributed by atoms with van der Waals surface area (Å²) < 4.78 is 5.75. The lowest BCUT2D eigenvalue weighted by molar-refractivity contribution is -0.118. The monoisotopic (exact) mass is 393 g/mol. The van der Waals surface area contributed by atoms with E-state index in [4.69, 9.17) is 4.74 Å². The minimum absolute atomic E-state index is 0.0395. The van der Waals surface area contributed by atoms with Crippen LogP contribution in [0.25, 0.3) is 0 Å². The molecule has 152 valence electrons. The molecule has 0 bridgehead atoms. The van der Waals surface area contributed by atoms with Gasteiger partial charge in [0.15, 0.2) is 0 Å². The molecule has 0 spiro atoms. The third kappa shape index (κ3) is 4.42. The van der Waals surface area contributed by atoms with E-state index in [9.17, 15) is 9.59 Å². The fourth-order valence-corrected chi connectivity index (χ4v) is 3.53. The average Bonchev–Trinajstić information content (AvgIpc) is 3.52. The van der Waals surface area contributed by atoms with Gasteiger partial charge in [-0.25, -0.2) is 4.98 Å². The summed E-state index contributed by atoms with van der Waals surface area (Å²) in [5, 5.41) is 5.84. The van der Waals surface area contributed by atoms with Gasteiger partial charge in [-0.1, -0.05) is 27.7 Å². The van der Waals surface area contributed by atoms with Crippen molar-refractivity contribution in [1.82, 2.24) is 4.98 Å². The smallest absolute Gasteiger partial charge is 0.228 e. The SMILES string of the molecule is CC1(C)C[C@@H]1C(=O)Nc1ccc(Oc2ccc(NC(=O)[C@@H]3CC3(C)C)cc2)nc1. The van der Waals surface area contributed by atoms with Gasteiger partial charge < -0.3 is 15.4 Å². The van der Waals surface area contributed by atoms with Crippen molar-refractivity contribution in [1.29, 1.82) is 0 Å². The Labute approximate surface area is 171 Å². The molecule has 4 rings (SSSR count). The van der Waals surface area contributed by atoms with Crippen LogP contribution in [0.4, 0.5) is 11.4 Å². The van der Waals surface area contributed by atoms with Crippen LogP contribution in [0, 0.1) is 22.7 Å². The second-order valence-corrected chi connectivity index (χ2v) is 9.48. The lowest BCUT2D eigenvalue weighted by Gasteiger charge is -2.09. The Morgan fingerprint density at radius 3 is 1.79 bits per heavy atom. The van der Waals surface area contributed by atoms with Crippen molar-refractivity contribution in [3.8, 4) is 11.6 Å². The summed E-state index contributed by atoms with van der Waals surface area (Å²) in [7, 11) is 0. The molecule has 1 aromatic heterocycles. The van der Waals surface area contributed by atoms with Gasteiger partial charge in [0, 0.05) is 23.6 Å². The Bertz CT molecular complexity index is 855. The maximum absolute atomic E-state index is 12.2. The van der Waals surface area contributed by atoms with Gasteiger partial charge in [-0.05, 0) is 54.0 Å². The van der Waals surface area contributed by atoms with Gasteiger partial charge in [-0.3, -0.25) is 9.59 Å². The van der Waals surface area contributed by atoms with Gasteiger partial charge in [0.1, 0.15) is 5.75 Å². The van der Waals surface area contributed by atoms with Crippen LogP contribution in [0.1, 0.15) is 40.5 Å². The van der Waals surface area contributed by atoms with Crippen LogP contribution in [0.15, 0.2) is 42.6 Å². The quantitative estimate of drug-likeness (QED) is 0.736. The van der Waals surface area contributed by atoms with Gasteiger partial charge in [-0.15, -0.1) is 0 Å². The van der Waals surface area contributed by atoms with E-state index >= 15 is 0 Å². The van der Waals surface area contributed by atoms with Gasteiger partial charge >= 0.3 is 0 Å². The summed E-state index contributed by atoms with van der Waals surface area (Å²) in [5.74, 6) is 1.33. The molecule has 1 aromatic carbocycles. The molecule has 0 radical (unpaired) electrons. The summed E-state index contributed by atoms with van der Waals surface area (Å²) in [6.45, 7) is 8.39. The van der Waals surface area contributed by atoms with Crippen LogP contribution in [-0.4, -0.2) is 16.8 Å². The largest absolute Gasteiger partial charge is 0.439 e. The van der Waals surface area contributed by atoms with E-state index in [2.05, 4.69) is 43.3 Å². The first-order valence-electron chi connectivity index (χ1n) is 10.00. The van der Waals surface area contributed by atoms with Gasteiger partial charge in [0.2, 0.25) is 17.7 Å². The Hall–Kier alpha value is -2.89. The van der Waals surface area contributed by atoms with Crippen LogP contribution in [0.5, 0.6) is 11.6 Å². The van der Waals surface area contributed by atoms with E-state index in [1.807, 2.05) is 12.1 Å². The number of carbonyl (C=O) groups is 2. The van der Waals surface area contributed by atoms with Gasteiger partial charge in [-0.2, -0.15) is 0 Å². The molecule has 2 fully saturated rings. The van der Waals surface area contributed by atoms with Crippen molar-refractivity contribution >= 4 is 23.2 Å².